The lowest BCUT2D eigenvalue weighted by Gasteiger charge is -2.25. The zero-order chi connectivity index (χ0) is 14.2. The summed E-state index contributed by atoms with van der Waals surface area (Å²) in [6.45, 7) is 1.11. The molecule has 5 nitrogen and oxygen atoms in total. The molecule has 20 heavy (non-hydrogen) atoms. The Morgan fingerprint density at radius 3 is 2.60 bits per heavy atom. The maximum Gasteiger partial charge on any atom is 0.262 e. The summed E-state index contributed by atoms with van der Waals surface area (Å²) in [4.78, 5) is 12.6. The Labute approximate surface area is 123 Å². The van der Waals surface area contributed by atoms with Crippen LogP contribution < -0.4 is 5.32 Å². The van der Waals surface area contributed by atoms with Crippen molar-refractivity contribution >= 4 is 27.3 Å². The zero-order valence-electron chi connectivity index (χ0n) is 11.2. The molecule has 0 radical (unpaired) electrons. The van der Waals surface area contributed by atoms with Gasteiger partial charge in [0.2, 0.25) is 10.0 Å². The summed E-state index contributed by atoms with van der Waals surface area (Å²) in [6.07, 6.45) is 4.85. The van der Waals surface area contributed by atoms with Gasteiger partial charge in [-0.3, -0.25) is 4.79 Å². The summed E-state index contributed by atoms with van der Waals surface area (Å²) in [5.74, 6) is -0.252. The van der Waals surface area contributed by atoms with Crippen LogP contribution in [-0.2, 0) is 10.0 Å². The molecule has 1 aliphatic heterocycles. The molecule has 0 aromatic carbocycles. The van der Waals surface area contributed by atoms with E-state index in [9.17, 15) is 13.2 Å². The van der Waals surface area contributed by atoms with E-state index in [2.05, 4.69) is 5.32 Å². The van der Waals surface area contributed by atoms with Crippen molar-refractivity contribution in [3.05, 3.63) is 16.3 Å². The molecule has 3 rings (SSSR count). The monoisotopic (exact) mass is 314 g/mol. The van der Waals surface area contributed by atoms with Gasteiger partial charge in [-0.2, -0.15) is 4.31 Å². The highest BCUT2D eigenvalue weighted by atomic mass is 32.2. The summed E-state index contributed by atoms with van der Waals surface area (Å²) in [5, 5.41) is 4.54. The second-order valence-corrected chi connectivity index (χ2v) is 8.15. The first kappa shape index (κ1) is 14.0. The van der Waals surface area contributed by atoms with Gasteiger partial charge in [0, 0.05) is 19.1 Å². The number of carbonyl (C=O) groups is 1. The fraction of sp³-hybridized carbons (Fsp3) is 0.615. The third-order valence-electron chi connectivity index (χ3n) is 3.68. The smallest absolute Gasteiger partial charge is 0.262 e. The van der Waals surface area contributed by atoms with Crippen molar-refractivity contribution in [1.82, 2.24) is 9.62 Å². The fourth-order valence-electron chi connectivity index (χ4n) is 2.39. The van der Waals surface area contributed by atoms with Crippen LogP contribution >= 0.6 is 11.3 Å². The number of amides is 1. The molecule has 1 aliphatic carbocycles. The third-order valence-corrected chi connectivity index (χ3v) is 6.66. The van der Waals surface area contributed by atoms with Crippen molar-refractivity contribution in [2.24, 2.45) is 0 Å². The lowest BCUT2D eigenvalue weighted by molar-refractivity contribution is 0.0952. The topological polar surface area (TPSA) is 66.5 Å². The van der Waals surface area contributed by atoms with Gasteiger partial charge in [-0.25, -0.2) is 8.42 Å². The van der Waals surface area contributed by atoms with Gasteiger partial charge < -0.3 is 5.32 Å². The van der Waals surface area contributed by atoms with E-state index in [-0.39, 0.29) is 16.8 Å². The van der Waals surface area contributed by atoms with E-state index in [1.165, 1.54) is 15.6 Å². The lowest BCUT2D eigenvalue weighted by Crippen LogP contribution is -2.36. The van der Waals surface area contributed by atoms with Crippen molar-refractivity contribution in [3.8, 4) is 0 Å². The number of hydrogen-bond donors (Lipinski definition) is 1. The average molecular weight is 314 g/mol. The van der Waals surface area contributed by atoms with E-state index >= 15 is 0 Å². The van der Waals surface area contributed by atoms with Crippen molar-refractivity contribution in [2.45, 2.75) is 43.0 Å². The molecule has 7 heteroatoms. The van der Waals surface area contributed by atoms with Crippen LogP contribution in [-0.4, -0.2) is 37.8 Å². The van der Waals surface area contributed by atoms with Crippen LogP contribution in [0.4, 0.5) is 0 Å². The minimum atomic E-state index is -3.53. The Hall–Kier alpha value is -0.920. The Bertz CT molecular complexity index is 599. The minimum absolute atomic E-state index is 0.169. The second-order valence-electron chi connectivity index (χ2n) is 5.33. The molecule has 110 valence electrons. The van der Waals surface area contributed by atoms with Crippen LogP contribution in [0.25, 0.3) is 0 Å². The summed E-state index contributed by atoms with van der Waals surface area (Å²) < 4.78 is 26.8. The predicted molar refractivity (Wildman–Crippen MR) is 77.4 cm³/mol. The van der Waals surface area contributed by atoms with Crippen LogP contribution in [0, 0.1) is 0 Å². The summed E-state index contributed by atoms with van der Waals surface area (Å²) in [7, 11) is -3.53. The maximum absolute atomic E-state index is 12.6. The third kappa shape index (κ3) is 2.75. The Kier molecular flexibility index (Phi) is 3.83. The summed E-state index contributed by atoms with van der Waals surface area (Å²) >= 11 is 1.20. The molecule has 1 aromatic heterocycles. The highest BCUT2D eigenvalue weighted by Crippen LogP contribution is 2.28. The van der Waals surface area contributed by atoms with Crippen LogP contribution in [0.15, 0.2) is 16.3 Å². The molecule has 2 heterocycles. The molecule has 0 spiro atoms. The Morgan fingerprint density at radius 1 is 1.25 bits per heavy atom. The second kappa shape index (κ2) is 5.46. The standard InChI is InChI=1S/C13H18N2O3S2/c16-13(14-10-4-5-10)12-11(6-9-19-12)20(17,18)15-7-2-1-3-8-15/h6,9-10H,1-5,7-8H2,(H,14,16). The summed E-state index contributed by atoms with van der Waals surface area (Å²) in [5.41, 5.74) is 0. The highest BCUT2D eigenvalue weighted by molar-refractivity contribution is 7.89. The fourth-order valence-corrected chi connectivity index (χ4v) is 5.21. The number of thiophene rings is 1. The largest absolute Gasteiger partial charge is 0.349 e. The van der Waals surface area contributed by atoms with Gasteiger partial charge in [0.25, 0.3) is 5.91 Å². The van der Waals surface area contributed by atoms with Gasteiger partial charge in [-0.15, -0.1) is 11.3 Å². The van der Waals surface area contributed by atoms with E-state index in [1.54, 1.807) is 11.4 Å². The van der Waals surface area contributed by atoms with Crippen LogP contribution in [0.2, 0.25) is 0 Å². The van der Waals surface area contributed by atoms with Crippen LogP contribution in [0.1, 0.15) is 41.8 Å². The number of hydrogen-bond acceptors (Lipinski definition) is 4. The Balaban J connectivity index is 1.85. The molecular formula is C13H18N2O3S2. The molecule has 2 aliphatic rings. The molecule has 1 amide bonds. The first-order valence-corrected chi connectivity index (χ1v) is 9.29. The SMILES string of the molecule is O=C(NC1CC1)c1sccc1S(=O)(=O)N1CCCCC1. The van der Waals surface area contributed by atoms with E-state index < -0.39 is 10.0 Å². The van der Waals surface area contributed by atoms with E-state index in [0.717, 1.165) is 32.1 Å². The lowest BCUT2D eigenvalue weighted by atomic mass is 10.2. The molecule has 1 aromatic rings. The van der Waals surface area contributed by atoms with Crippen molar-refractivity contribution in [3.63, 3.8) is 0 Å². The number of piperidine rings is 1. The molecule has 1 saturated heterocycles. The predicted octanol–water partition coefficient (Wildman–Crippen LogP) is 1.81. The first-order valence-electron chi connectivity index (χ1n) is 6.97. The molecule has 1 saturated carbocycles. The van der Waals surface area contributed by atoms with Gasteiger partial charge >= 0.3 is 0 Å². The molecule has 1 N–H and O–H groups in total. The number of nitrogens with zero attached hydrogens (tertiary/aromatic N) is 1. The first-order chi connectivity index (χ1) is 9.59. The van der Waals surface area contributed by atoms with E-state index in [4.69, 9.17) is 0 Å². The van der Waals surface area contributed by atoms with Crippen molar-refractivity contribution in [2.75, 3.05) is 13.1 Å². The molecule has 0 atom stereocenters. The zero-order valence-corrected chi connectivity index (χ0v) is 12.8. The molecule has 2 fully saturated rings. The van der Waals surface area contributed by atoms with Crippen LogP contribution in [0.5, 0.6) is 0 Å². The van der Waals surface area contributed by atoms with Gasteiger partial charge in [0.1, 0.15) is 9.77 Å². The van der Waals surface area contributed by atoms with Gasteiger partial charge in [0.05, 0.1) is 0 Å². The number of rotatable bonds is 4. The molecule has 0 unspecified atom stereocenters. The van der Waals surface area contributed by atoms with Gasteiger partial charge in [-0.1, -0.05) is 6.42 Å². The van der Waals surface area contributed by atoms with Gasteiger partial charge in [0.15, 0.2) is 0 Å². The average Bonchev–Trinajstić information content (AvgIpc) is 3.11. The minimum Gasteiger partial charge on any atom is -0.349 e. The van der Waals surface area contributed by atoms with Crippen LogP contribution in [0.3, 0.4) is 0 Å². The van der Waals surface area contributed by atoms with Crippen molar-refractivity contribution in [1.29, 1.82) is 0 Å². The number of nitrogens with one attached hydrogen (secondary N) is 1. The van der Waals surface area contributed by atoms with Gasteiger partial charge in [-0.05, 0) is 37.1 Å². The normalized spacial score (nSPS) is 20.8. The Morgan fingerprint density at radius 2 is 1.95 bits per heavy atom. The number of sulfonamides is 1. The molecular weight excluding hydrogens is 296 g/mol. The maximum atomic E-state index is 12.6. The van der Waals surface area contributed by atoms with E-state index in [1.807, 2.05) is 0 Å². The van der Waals surface area contributed by atoms with Crippen molar-refractivity contribution < 1.29 is 13.2 Å². The highest BCUT2D eigenvalue weighted by Gasteiger charge is 2.32. The van der Waals surface area contributed by atoms with E-state index in [0.29, 0.717) is 18.0 Å². The number of carbonyl (C=O) groups excluding carboxylic acids is 1. The molecule has 0 bridgehead atoms. The summed E-state index contributed by atoms with van der Waals surface area (Å²) in [6, 6.07) is 1.78. The quantitative estimate of drug-likeness (QED) is 0.922.